The van der Waals surface area contributed by atoms with Crippen LogP contribution < -0.4 is 10.6 Å². The Morgan fingerprint density at radius 3 is 2.54 bits per heavy atom. The zero-order chi connectivity index (χ0) is 20.9. The van der Waals surface area contributed by atoms with E-state index in [0.29, 0.717) is 11.8 Å². The van der Waals surface area contributed by atoms with Gasteiger partial charge in [-0.25, -0.2) is 9.79 Å². The van der Waals surface area contributed by atoms with Crippen molar-refractivity contribution in [3.8, 4) is 0 Å². The summed E-state index contributed by atoms with van der Waals surface area (Å²) >= 11 is 0. The number of guanidine groups is 1. The molecule has 1 aliphatic carbocycles. The van der Waals surface area contributed by atoms with Crippen LogP contribution in [0.2, 0.25) is 0 Å². The molecule has 3 unspecified atom stereocenters. The first-order chi connectivity index (χ1) is 13.1. The Labute approximate surface area is 169 Å². The van der Waals surface area contributed by atoms with Gasteiger partial charge in [-0.1, -0.05) is 6.92 Å². The van der Waals surface area contributed by atoms with Crippen LogP contribution in [0.3, 0.4) is 0 Å². The predicted molar refractivity (Wildman–Crippen MR) is 110 cm³/mol. The van der Waals surface area contributed by atoms with Crippen molar-refractivity contribution in [1.82, 2.24) is 20.4 Å². The number of carbonyl (C=O) groups is 2. The number of aliphatic imine (C=N–C) groups is 1. The average molecular weight is 396 g/mol. The lowest BCUT2D eigenvalue weighted by Crippen LogP contribution is -2.45. The van der Waals surface area contributed by atoms with Crippen LogP contribution in [-0.2, 0) is 9.53 Å². The Kier molecular flexibility index (Phi) is 7.55. The second-order valence-electron chi connectivity index (χ2n) is 9.01. The lowest BCUT2D eigenvalue weighted by atomic mass is 9.98. The van der Waals surface area contributed by atoms with Crippen LogP contribution in [0.4, 0.5) is 4.79 Å². The molecule has 1 saturated heterocycles. The van der Waals surface area contributed by atoms with Gasteiger partial charge < -0.3 is 25.2 Å². The highest BCUT2D eigenvalue weighted by molar-refractivity contribution is 5.85. The van der Waals surface area contributed by atoms with E-state index in [0.717, 1.165) is 44.9 Å². The number of likely N-dealkylation sites (tertiary alicyclic amines) is 1. The molecule has 0 bridgehead atoms. The number of nitrogens with zero attached hydrogens (tertiary/aromatic N) is 3. The van der Waals surface area contributed by atoms with Gasteiger partial charge in [0.2, 0.25) is 5.91 Å². The van der Waals surface area contributed by atoms with Gasteiger partial charge in [0.25, 0.3) is 0 Å². The van der Waals surface area contributed by atoms with Crippen LogP contribution in [0.1, 0.15) is 47.0 Å². The Hall–Kier alpha value is -1.99. The van der Waals surface area contributed by atoms with Crippen molar-refractivity contribution in [2.45, 2.75) is 58.6 Å². The van der Waals surface area contributed by atoms with Crippen molar-refractivity contribution in [3.63, 3.8) is 0 Å². The normalized spacial score (nSPS) is 24.7. The van der Waals surface area contributed by atoms with Gasteiger partial charge in [0, 0.05) is 45.7 Å². The summed E-state index contributed by atoms with van der Waals surface area (Å²) in [7, 11) is 3.48. The minimum absolute atomic E-state index is 0.0142. The van der Waals surface area contributed by atoms with Crippen molar-refractivity contribution >= 4 is 18.0 Å². The van der Waals surface area contributed by atoms with Crippen LogP contribution >= 0.6 is 0 Å². The molecule has 2 N–H and O–H groups in total. The number of amides is 2. The summed E-state index contributed by atoms with van der Waals surface area (Å²) in [6.45, 7) is 10.4. The molecular formula is C20H37N5O3. The molecule has 2 amide bonds. The quantitative estimate of drug-likeness (QED) is 0.546. The fraction of sp³-hybridized carbons (Fsp3) is 0.850. The zero-order valence-corrected chi connectivity index (χ0v) is 18.2. The summed E-state index contributed by atoms with van der Waals surface area (Å²) in [5, 5.41) is 6.44. The Morgan fingerprint density at radius 1 is 1.21 bits per heavy atom. The molecule has 0 aromatic carbocycles. The Morgan fingerprint density at radius 2 is 1.93 bits per heavy atom. The van der Waals surface area contributed by atoms with Gasteiger partial charge in [0.15, 0.2) is 5.96 Å². The summed E-state index contributed by atoms with van der Waals surface area (Å²) in [4.78, 5) is 32.4. The zero-order valence-electron chi connectivity index (χ0n) is 18.2. The van der Waals surface area contributed by atoms with Crippen molar-refractivity contribution in [2.75, 3.05) is 40.3 Å². The first-order valence-electron chi connectivity index (χ1n) is 10.3. The molecular weight excluding hydrogens is 358 g/mol. The van der Waals surface area contributed by atoms with Gasteiger partial charge in [0.1, 0.15) is 12.1 Å². The molecule has 2 fully saturated rings. The van der Waals surface area contributed by atoms with Crippen LogP contribution in [0.25, 0.3) is 0 Å². The first kappa shape index (κ1) is 22.3. The molecule has 1 saturated carbocycles. The van der Waals surface area contributed by atoms with Crippen molar-refractivity contribution < 1.29 is 14.3 Å². The summed E-state index contributed by atoms with van der Waals surface area (Å²) < 4.78 is 5.42. The van der Waals surface area contributed by atoms with E-state index in [4.69, 9.17) is 4.74 Å². The van der Waals surface area contributed by atoms with Crippen LogP contribution in [-0.4, -0.2) is 79.7 Å². The molecule has 2 aliphatic rings. The maximum absolute atomic E-state index is 12.2. The largest absolute Gasteiger partial charge is 0.444 e. The third kappa shape index (κ3) is 6.27. The van der Waals surface area contributed by atoms with Gasteiger partial charge in [-0.15, -0.1) is 0 Å². The Balaban J connectivity index is 1.99. The van der Waals surface area contributed by atoms with Gasteiger partial charge in [0.05, 0.1) is 0 Å². The van der Waals surface area contributed by atoms with Crippen molar-refractivity contribution in [3.05, 3.63) is 0 Å². The second-order valence-corrected chi connectivity index (χ2v) is 9.01. The highest BCUT2D eigenvalue weighted by atomic mass is 16.6. The lowest BCUT2D eigenvalue weighted by Gasteiger charge is -2.26. The predicted octanol–water partition coefficient (Wildman–Crippen LogP) is 1.67. The van der Waals surface area contributed by atoms with Gasteiger partial charge >= 0.3 is 6.09 Å². The smallest absolute Gasteiger partial charge is 0.407 e. The summed E-state index contributed by atoms with van der Waals surface area (Å²) in [6, 6.07) is 0.126. The van der Waals surface area contributed by atoms with E-state index in [2.05, 4.69) is 27.4 Å². The SMILES string of the molecule is CCCNC(=NCC(=O)N(C)C)N1CC2CCC(NC(=O)OC(C)(C)C)C2C1. The van der Waals surface area contributed by atoms with Crippen LogP contribution in [0.5, 0.6) is 0 Å². The van der Waals surface area contributed by atoms with Crippen LogP contribution in [0.15, 0.2) is 4.99 Å². The summed E-state index contributed by atoms with van der Waals surface area (Å²) in [5.41, 5.74) is -0.493. The van der Waals surface area contributed by atoms with E-state index in [-0.39, 0.29) is 24.6 Å². The van der Waals surface area contributed by atoms with E-state index < -0.39 is 5.60 Å². The van der Waals surface area contributed by atoms with Gasteiger partial charge in [-0.05, 0) is 46.0 Å². The second kappa shape index (κ2) is 9.47. The maximum Gasteiger partial charge on any atom is 0.407 e. The van der Waals surface area contributed by atoms with E-state index in [1.807, 2.05) is 20.8 Å². The number of alkyl carbamates (subject to hydrolysis) is 1. The third-order valence-electron chi connectivity index (χ3n) is 5.25. The fourth-order valence-corrected chi connectivity index (χ4v) is 3.86. The Bertz CT molecular complexity index is 585. The first-order valence-corrected chi connectivity index (χ1v) is 10.3. The molecule has 1 heterocycles. The molecule has 8 nitrogen and oxygen atoms in total. The molecule has 28 heavy (non-hydrogen) atoms. The highest BCUT2D eigenvalue weighted by Crippen LogP contribution is 2.38. The topological polar surface area (TPSA) is 86.3 Å². The minimum atomic E-state index is -0.493. The number of hydrogen-bond donors (Lipinski definition) is 2. The van der Waals surface area contributed by atoms with E-state index in [1.165, 1.54) is 0 Å². The number of rotatable bonds is 5. The molecule has 0 aromatic heterocycles. The van der Waals surface area contributed by atoms with Crippen molar-refractivity contribution in [1.29, 1.82) is 0 Å². The number of ether oxygens (including phenoxy) is 1. The molecule has 0 aromatic rings. The van der Waals surface area contributed by atoms with E-state index in [1.54, 1.807) is 19.0 Å². The fourth-order valence-electron chi connectivity index (χ4n) is 3.86. The molecule has 3 atom stereocenters. The molecule has 8 heteroatoms. The number of carbonyl (C=O) groups excluding carboxylic acids is 2. The number of nitrogens with one attached hydrogen (secondary N) is 2. The van der Waals surface area contributed by atoms with Gasteiger partial charge in [-0.2, -0.15) is 0 Å². The van der Waals surface area contributed by atoms with E-state index in [9.17, 15) is 9.59 Å². The standard InChI is InChI=1S/C20H37N5O3/c1-7-10-21-18(22-11-17(26)24(5)6)25-12-14-8-9-16(15(14)13-25)23-19(27)28-20(2,3)4/h14-16H,7-13H2,1-6H3,(H,21,22)(H,23,27). The minimum Gasteiger partial charge on any atom is -0.444 e. The molecule has 160 valence electrons. The summed E-state index contributed by atoms with van der Waals surface area (Å²) in [5.74, 6) is 1.69. The summed E-state index contributed by atoms with van der Waals surface area (Å²) in [6.07, 6.45) is 2.71. The monoisotopic (exact) mass is 395 g/mol. The molecule has 1 aliphatic heterocycles. The van der Waals surface area contributed by atoms with Crippen molar-refractivity contribution in [2.24, 2.45) is 16.8 Å². The molecule has 0 radical (unpaired) electrons. The average Bonchev–Trinajstić information content (AvgIpc) is 3.15. The number of hydrogen-bond acceptors (Lipinski definition) is 4. The molecule has 2 rings (SSSR count). The molecule has 0 spiro atoms. The van der Waals surface area contributed by atoms with E-state index >= 15 is 0 Å². The van der Waals surface area contributed by atoms with Gasteiger partial charge in [-0.3, -0.25) is 4.79 Å². The number of likely N-dealkylation sites (N-methyl/N-ethyl adjacent to an activating group) is 1. The van der Waals surface area contributed by atoms with Crippen LogP contribution in [0, 0.1) is 11.8 Å². The number of fused-ring (bicyclic) bond motifs is 1. The third-order valence-corrected chi connectivity index (χ3v) is 5.25. The highest BCUT2D eigenvalue weighted by Gasteiger charge is 2.44. The maximum atomic E-state index is 12.2. The lowest BCUT2D eigenvalue weighted by molar-refractivity contribution is -0.127.